The molecule has 0 fully saturated rings. The lowest BCUT2D eigenvalue weighted by Crippen LogP contribution is -2.22. The van der Waals surface area contributed by atoms with Gasteiger partial charge < -0.3 is 4.74 Å². The van der Waals surface area contributed by atoms with Crippen LogP contribution in [0.25, 0.3) is 28.0 Å². The molecule has 0 N–H and O–H groups in total. The molecular formula is C29H33N3O2. The van der Waals surface area contributed by atoms with Gasteiger partial charge in [0.2, 0.25) is 0 Å². The molecule has 0 spiro atoms. The van der Waals surface area contributed by atoms with Gasteiger partial charge in [-0.1, -0.05) is 39.3 Å². The third-order valence-electron chi connectivity index (χ3n) is 6.47. The summed E-state index contributed by atoms with van der Waals surface area (Å²) in [6, 6.07) is 14.2. The van der Waals surface area contributed by atoms with Crippen molar-refractivity contribution in [1.29, 1.82) is 0 Å². The fourth-order valence-electron chi connectivity index (χ4n) is 4.28. The van der Waals surface area contributed by atoms with E-state index >= 15 is 0 Å². The largest absolute Gasteiger partial charge is 0.493 e. The van der Waals surface area contributed by atoms with E-state index in [0.29, 0.717) is 29.3 Å². The second-order valence-electron chi connectivity index (χ2n) is 9.01. The van der Waals surface area contributed by atoms with Gasteiger partial charge in [0.05, 0.1) is 23.2 Å². The number of rotatable bonds is 8. The minimum absolute atomic E-state index is 0.122. The molecule has 0 aliphatic carbocycles. The average Bonchev–Trinajstić information content (AvgIpc) is 2.85. The van der Waals surface area contributed by atoms with E-state index < -0.39 is 0 Å². The summed E-state index contributed by atoms with van der Waals surface area (Å²) in [7, 11) is 0. The van der Waals surface area contributed by atoms with Crippen LogP contribution in [0.3, 0.4) is 0 Å². The Morgan fingerprint density at radius 1 is 1.03 bits per heavy atom. The summed E-state index contributed by atoms with van der Waals surface area (Å²) < 4.78 is 7.76. The highest BCUT2D eigenvalue weighted by atomic mass is 16.5. The van der Waals surface area contributed by atoms with Crippen LogP contribution in [0.4, 0.5) is 0 Å². The normalized spacial score (nSPS) is 12.1. The van der Waals surface area contributed by atoms with Crippen molar-refractivity contribution in [3.63, 3.8) is 0 Å². The summed E-state index contributed by atoms with van der Waals surface area (Å²) >= 11 is 0. The molecule has 2 aromatic carbocycles. The number of aromatic nitrogens is 3. The molecule has 5 heteroatoms. The van der Waals surface area contributed by atoms with Gasteiger partial charge in [-0.05, 0) is 79.6 Å². The number of pyridine rings is 1. The molecule has 5 nitrogen and oxygen atoms in total. The first kappa shape index (κ1) is 23.7. The standard InChI is InChI=1S/C29H33N3O2/c1-6-8-15-34-27-20(4)16-23(17-21(27)5)28-31-26-13-14-30-18-25(26)29(33)32(28)24-11-9-22(10-12-24)19(3)7-2/h9-14,16-19H,6-8,15H2,1-5H3. The molecule has 0 radical (unpaired) electrons. The number of benzene rings is 2. The first-order chi connectivity index (χ1) is 16.4. The summed E-state index contributed by atoms with van der Waals surface area (Å²) in [4.78, 5) is 22.8. The van der Waals surface area contributed by atoms with E-state index in [1.54, 1.807) is 23.0 Å². The van der Waals surface area contributed by atoms with E-state index in [1.807, 2.05) is 26.0 Å². The zero-order chi connectivity index (χ0) is 24.2. The molecule has 0 bridgehead atoms. The van der Waals surface area contributed by atoms with Crippen molar-refractivity contribution >= 4 is 10.9 Å². The van der Waals surface area contributed by atoms with Gasteiger partial charge in [0.1, 0.15) is 11.6 Å². The summed E-state index contributed by atoms with van der Waals surface area (Å²) in [5.74, 6) is 2.00. The van der Waals surface area contributed by atoms with Crippen molar-refractivity contribution in [2.24, 2.45) is 0 Å². The maximum Gasteiger partial charge on any atom is 0.267 e. The molecule has 0 aliphatic heterocycles. The molecule has 2 heterocycles. The summed E-state index contributed by atoms with van der Waals surface area (Å²) in [5, 5.41) is 0.505. The molecule has 4 rings (SSSR count). The van der Waals surface area contributed by atoms with Crippen LogP contribution in [-0.4, -0.2) is 21.1 Å². The van der Waals surface area contributed by atoms with E-state index in [1.165, 1.54) is 5.56 Å². The molecule has 4 aromatic rings. The number of unbranched alkanes of at least 4 members (excludes halogenated alkanes) is 1. The molecule has 0 aliphatic rings. The van der Waals surface area contributed by atoms with Crippen LogP contribution in [0, 0.1) is 13.8 Å². The van der Waals surface area contributed by atoms with Crippen molar-refractivity contribution in [3.8, 4) is 22.8 Å². The van der Waals surface area contributed by atoms with Crippen LogP contribution in [-0.2, 0) is 0 Å². The molecule has 176 valence electrons. The van der Waals surface area contributed by atoms with E-state index in [4.69, 9.17) is 9.72 Å². The van der Waals surface area contributed by atoms with Crippen molar-refractivity contribution < 1.29 is 4.74 Å². The second kappa shape index (κ2) is 10.2. The van der Waals surface area contributed by atoms with E-state index in [-0.39, 0.29) is 5.56 Å². The van der Waals surface area contributed by atoms with Crippen molar-refractivity contribution in [2.45, 2.75) is 59.8 Å². The highest BCUT2D eigenvalue weighted by molar-refractivity contribution is 5.80. The Labute approximate surface area is 201 Å². The molecule has 1 atom stereocenters. The third kappa shape index (κ3) is 4.60. The first-order valence-corrected chi connectivity index (χ1v) is 12.2. The average molecular weight is 456 g/mol. The molecule has 0 saturated carbocycles. The Balaban J connectivity index is 1.90. The van der Waals surface area contributed by atoms with Gasteiger partial charge in [-0.3, -0.25) is 14.3 Å². The smallest absolute Gasteiger partial charge is 0.267 e. The van der Waals surface area contributed by atoms with Gasteiger partial charge in [-0.2, -0.15) is 0 Å². The van der Waals surface area contributed by atoms with Gasteiger partial charge in [-0.25, -0.2) is 4.98 Å². The summed E-state index contributed by atoms with van der Waals surface area (Å²) in [6.45, 7) is 11.3. The van der Waals surface area contributed by atoms with E-state index in [0.717, 1.165) is 47.4 Å². The number of nitrogens with zero attached hydrogens (tertiary/aromatic N) is 3. The SMILES string of the molecule is CCCCOc1c(C)cc(-c2nc3ccncc3c(=O)n2-c2ccc(C(C)CC)cc2)cc1C. The van der Waals surface area contributed by atoms with Crippen molar-refractivity contribution in [3.05, 3.63) is 81.9 Å². The van der Waals surface area contributed by atoms with Crippen molar-refractivity contribution in [1.82, 2.24) is 14.5 Å². The third-order valence-corrected chi connectivity index (χ3v) is 6.47. The fraction of sp³-hybridized carbons (Fsp3) is 0.345. The Morgan fingerprint density at radius 3 is 2.38 bits per heavy atom. The van der Waals surface area contributed by atoms with Gasteiger partial charge in [-0.15, -0.1) is 0 Å². The van der Waals surface area contributed by atoms with Crippen LogP contribution in [0.5, 0.6) is 5.75 Å². The Morgan fingerprint density at radius 2 is 1.74 bits per heavy atom. The molecule has 1 unspecified atom stereocenters. The number of aryl methyl sites for hydroxylation is 2. The van der Waals surface area contributed by atoms with Gasteiger partial charge in [0.25, 0.3) is 5.56 Å². The second-order valence-corrected chi connectivity index (χ2v) is 9.01. The van der Waals surface area contributed by atoms with E-state index in [9.17, 15) is 4.79 Å². The minimum atomic E-state index is -0.122. The zero-order valence-electron chi connectivity index (χ0n) is 20.8. The predicted molar refractivity (Wildman–Crippen MR) is 139 cm³/mol. The summed E-state index contributed by atoms with van der Waals surface area (Å²) in [6.07, 6.45) is 6.45. The highest BCUT2D eigenvalue weighted by Crippen LogP contribution is 2.31. The van der Waals surface area contributed by atoms with Gasteiger partial charge in [0.15, 0.2) is 0 Å². The molecule has 34 heavy (non-hydrogen) atoms. The molecule has 2 aromatic heterocycles. The Hall–Kier alpha value is -3.47. The quantitative estimate of drug-likeness (QED) is 0.276. The number of hydrogen-bond acceptors (Lipinski definition) is 4. The monoisotopic (exact) mass is 455 g/mol. The van der Waals surface area contributed by atoms with Gasteiger partial charge in [0, 0.05) is 18.0 Å². The summed E-state index contributed by atoms with van der Waals surface area (Å²) in [5.41, 5.74) is 5.53. The molecular weight excluding hydrogens is 422 g/mol. The lowest BCUT2D eigenvalue weighted by Gasteiger charge is -2.18. The fourth-order valence-corrected chi connectivity index (χ4v) is 4.28. The topological polar surface area (TPSA) is 57.0 Å². The number of fused-ring (bicyclic) bond motifs is 1. The predicted octanol–water partition coefficient (Wildman–Crippen LogP) is 6.76. The van der Waals surface area contributed by atoms with Crippen LogP contribution in [0.15, 0.2) is 59.7 Å². The minimum Gasteiger partial charge on any atom is -0.493 e. The maximum atomic E-state index is 13.7. The zero-order valence-corrected chi connectivity index (χ0v) is 20.8. The highest BCUT2D eigenvalue weighted by Gasteiger charge is 2.17. The molecule has 0 saturated heterocycles. The van der Waals surface area contributed by atoms with Crippen LogP contribution in [0.1, 0.15) is 62.6 Å². The Bertz CT molecular complexity index is 1330. The lowest BCUT2D eigenvalue weighted by molar-refractivity contribution is 0.305. The van der Waals surface area contributed by atoms with Crippen molar-refractivity contribution in [2.75, 3.05) is 6.61 Å². The number of hydrogen-bond donors (Lipinski definition) is 0. The van der Waals surface area contributed by atoms with Crippen LogP contribution < -0.4 is 10.3 Å². The maximum absolute atomic E-state index is 13.7. The van der Waals surface area contributed by atoms with E-state index in [2.05, 4.69) is 50.0 Å². The van der Waals surface area contributed by atoms with Gasteiger partial charge >= 0.3 is 0 Å². The van der Waals surface area contributed by atoms with Crippen LogP contribution >= 0.6 is 0 Å². The lowest BCUT2D eigenvalue weighted by atomic mass is 9.98. The number of ether oxygens (including phenoxy) is 1. The van der Waals surface area contributed by atoms with Crippen LogP contribution in [0.2, 0.25) is 0 Å². The first-order valence-electron chi connectivity index (χ1n) is 12.2. The molecule has 0 amide bonds. The Kier molecular flexibility index (Phi) is 7.11.